The second-order valence-electron chi connectivity index (χ2n) is 5.73. The van der Waals surface area contributed by atoms with Crippen LogP contribution >= 0.6 is 24.0 Å². The van der Waals surface area contributed by atoms with Gasteiger partial charge in [0.05, 0.1) is 14.2 Å². The summed E-state index contributed by atoms with van der Waals surface area (Å²) in [6.07, 6.45) is 0. The van der Waals surface area contributed by atoms with E-state index in [9.17, 15) is 0 Å². The van der Waals surface area contributed by atoms with Crippen LogP contribution in [0.5, 0.6) is 11.5 Å². The van der Waals surface area contributed by atoms with E-state index in [0.717, 1.165) is 5.69 Å². The highest BCUT2D eigenvalue weighted by Gasteiger charge is 2.07. The molecule has 1 unspecified atom stereocenters. The standard InChI is InChI=1S/C19H25N3O2.HI/c1-13-5-7-15(8-6-13)14(2)12-21-19(20)22-16-9-10-17(23-3)18(11-16)24-4;/h5-11,14H,12H2,1-4H3,(H3,20,21,22);1H. The SMILES string of the molecule is COc1ccc(NC(N)=NCC(C)c2ccc(C)cc2)cc1OC.I. The van der Waals surface area contributed by atoms with Gasteiger partial charge in [-0.25, -0.2) is 0 Å². The van der Waals surface area contributed by atoms with Crippen LogP contribution in [0.3, 0.4) is 0 Å². The summed E-state index contributed by atoms with van der Waals surface area (Å²) in [7, 11) is 3.20. The van der Waals surface area contributed by atoms with Gasteiger partial charge in [0.1, 0.15) is 0 Å². The summed E-state index contributed by atoms with van der Waals surface area (Å²) in [5.74, 6) is 1.99. The minimum atomic E-state index is 0. The van der Waals surface area contributed by atoms with Crippen molar-refractivity contribution < 1.29 is 9.47 Å². The zero-order valence-electron chi connectivity index (χ0n) is 15.1. The second kappa shape index (κ2) is 10.1. The van der Waals surface area contributed by atoms with E-state index < -0.39 is 0 Å². The fraction of sp³-hybridized carbons (Fsp3) is 0.316. The minimum Gasteiger partial charge on any atom is -0.493 e. The van der Waals surface area contributed by atoms with Gasteiger partial charge >= 0.3 is 0 Å². The number of anilines is 1. The van der Waals surface area contributed by atoms with Gasteiger partial charge < -0.3 is 20.5 Å². The van der Waals surface area contributed by atoms with Crippen molar-refractivity contribution in [2.75, 3.05) is 26.1 Å². The lowest BCUT2D eigenvalue weighted by Crippen LogP contribution is -2.23. The van der Waals surface area contributed by atoms with Crippen molar-refractivity contribution in [3.8, 4) is 11.5 Å². The van der Waals surface area contributed by atoms with Gasteiger partial charge in [-0.15, -0.1) is 24.0 Å². The first kappa shape index (κ1) is 21.1. The van der Waals surface area contributed by atoms with E-state index in [1.54, 1.807) is 14.2 Å². The molecule has 0 aliphatic rings. The highest BCUT2D eigenvalue weighted by molar-refractivity contribution is 14.0. The molecule has 0 heterocycles. The number of rotatable bonds is 6. The molecule has 0 aliphatic carbocycles. The number of nitrogens with zero attached hydrogens (tertiary/aromatic N) is 1. The lowest BCUT2D eigenvalue weighted by molar-refractivity contribution is 0.355. The van der Waals surface area contributed by atoms with Crippen LogP contribution in [0.1, 0.15) is 24.0 Å². The number of halogens is 1. The van der Waals surface area contributed by atoms with Crippen LogP contribution in [0.15, 0.2) is 47.5 Å². The molecule has 0 amide bonds. The zero-order valence-corrected chi connectivity index (χ0v) is 17.4. The lowest BCUT2D eigenvalue weighted by Gasteiger charge is -2.12. The molecule has 2 aromatic rings. The zero-order chi connectivity index (χ0) is 17.5. The molecule has 0 aromatic heterocycles. The molecule has 25 heavy (non-hydrogen) atoms. The van der Waals surface area contributed by atoms with Gasteiger partial charge in [0.25, 0.3) is 0 Å². The molecule has 2 aromatic carbocycles. The second-order valence-corrected chi connectivity index (χ2v) is 5.73. The Morgan fingerprint density at radius 2 is 1.72 bits per heavy atom. The van der Waals surface area contributed by atoms with E-state index in [1.165, 1.54) is 11.1 Å². The molecule has 0 saturated carbocycles. The van der Waals surface area contributed by atoms with Crippen molar-refractivity contribution in [1.82, 2.24) is 0 Å². The first-order chi connectivity index (χ1) is 11.5. The maximum atomic E-state index is 5.99. The number of nitrogens with one attached hydrogen (secondary N) is 1. The largest absolute Gasteiger partial charge is 0.493 e. The molecular weight excluding hydrogens is 429 g/mol. The number of guanidine groups is 1. The summed E-state index contributed by atoms with van der Waals surface area (Å²) < 4.78 is 10.5. The van der Waals surface area contributed by atoms with Crippen LogP contribution < -0.4 is 20.5 Å². The molecule has 3 N–H and O–H groups in total. The van der Waals surface area contributed by atoms with E-state index in [1.807, 2.05) is 18.2 Å². The van der Waals surface area contributed by atoms with Crippen molar-refractivity contribution >= 4 is 35.6 Å². The Morgan fingerprint density at radius 1 is 1.08 bits per heavy atom. The number of aryl methyl sites for hydroxylation is 1. The van der Waals surface area contributed by atoms with Crippen LogP contribution in [0.2, 0.25) is 0 Å². The Bertz CT molecular complexity index is 702. The molecule has 136 valence electrons. The van der Waals surface area contributed by atoms with E-state index in [0.29, 0.717) is 29.9 Å². The van der Waals surface area contributed by atoms with E-state index in [-0.39, 0.29) is 24.0 Å². The molecule has 1 atom stereocenters. The smallest absolute Gasteiger partial charge is 0.193 e. The van der Waals surface area contributed by atoms with Crippen molar-refractivity contribution in [1.29, 1.82) is 0 Å². The molecule has 0 radical (unpaired) electrons. The summed E-state index contributed by atoms with van der Waals surface area (Å²) in [5, 5.41) is 3.08. The minimum absolute atomic E-state index is 0. The van der Waals surface area contributed by atoms with Gasteiger partial charge in [-0.1, -0.05) is 36.8 Å². The van der Waals surface area contributed by atoms with Crippen molar-refractivity contribution in [2.45, 2.75) is 19.8 Å². The third-order valence-corrected chi connectivity index (χ3v) is 3.84. The summed E-state index contributed by atoms with van der Waals surface area (Å²) >= 11 is 0. The number of hydrogen-bond acceptors (Lipinski definition) is 3. The number of benzene rings is 2. The monoisotopic (exact) mass is 455 g/mol. The molecule has 0 aliphatic heterocycles. The molecule has 0 saturated heterocycles. The van der Waals surface area contributed by atoms with Crippen LogP contribution in [-0.4, -0.2) is 26.7 Å². The van der Waals surface area contributed by atoms with Crippen LogP contribution in [-0.2, 0) is 0 Å². The third kappa shape index (κ3) is 6.12. The predicted molar refractivity (Wildman–Crippen MR) is 115 cm³/mol. The van der Waals surface area contributed by atoms with E-state index in [2.05, 4.69) is 48.4 Å². The highest BCUT2D eigenvalue weighted by atomic mass is 127. The predicted octanol–water partition coefficient (Wildman–Crippen LogP) is 4.16. The average Bonchev–Trinajstić information content (AvgIpc) is 2.60. The van der Waals surface area contributed by atoms with Gasteiger partial charge in [-0.3, -0.25) is 4.99 Å². The fourth-order valence-corrected chi connectivity index (χ4v) is 2.34. The quantitative estimate of drug-likeness (QED) is 0.390. The Hall–Kier alpha value is -1.96. The molecule has 6 heteroatoms. The first-order valence-electron chi connectivity index (χ1n) is 7.89. The summed E-state index contributed by atoms with van der Waals surface area (Å²) in [6, 6.07) is 14.0. The molecule has 5 nitrogen and oxygen atoms in total. The lowest BCUT2D eigenvalue weighted by atomic mass is 10.0. The van der Waals surface area contributed by atoms with Crippen molar-refractivity contribution in [2.24, 2.45) is 10.7 Å². The molecular formula is C19H26IN3O2. The molecule has 0 bridgehead atoms. The Labute approximate surface area is 166 Å². The average molecular weight is 455 g/mol. The van der Waals surface area contributed by atoms with Crippen LogP contribution in [0.25, 0.3) is 0 Å². The maximum absolute atomic E-state index is 5.99. The van der Waals surface area contributed by atoms with Crippen LogP contribution in [0.4, 0.5) is 5.69 Å². The number of nitrogens with two attached hydrogens (primary N) is 1. The van der Waals surface area contributed by atoms with Gasteiger partial charge in [-0.05, 0) is 24.6 Å². The number of methoxy groups -OCH3 is 2. The Kier molecular flexibility index (Phi) is 8.54. The topological polar surface area (TPSA) is 68.9 Å². The van der Waals surface area contributed by atoms with Crippen molar-refractivity contribution in [3.05, 3.63) is 53.6 Å². The van der Waals surface area contributed by atoms with E-state index in [4.69, 9.17) is 15.2 Å². The van der Waals surface area contributed by atoms with Crippen LogP contribution in [0, 0.1) is 6.92 Å². The summed E-state index contributed by atoms with van der Waals surface area (Å²) in [5.41, 5.74) is 9.29. The number of aliphatic imine (C=N–C) groups is 1. The van der Waals surface area contributed by atoms with Gasteiger partial charge in [-0.2, -0.15) is 0 Å². The fourth-order valence-electron chi connectivity index (χ4n) is 2.34. The summed E-state index contributed by atoms with van der Waals surface area (Å²) in [4.78, 5) is 4.43. The third-order valence-electron chi connectivity index (χ3n) is 3.84. The Balaban J connectivity index is 0.00000312. The maximum Gasteiger partial charge on any atom is 0.193 e. The highest BCUT2D eigenvalue weighted by Crippen LogP contribution is 2.29. The van der Waals surface area contributed by atoms with Gasteiger partial charge in [0.2, 0.25) is 0 Å². The molecule has 2 rings (SSSR count). The first-order valence-corrected chi connectivity index (χ1v) is 7.89. The van der Waals surface area contributed by atoms with Gasteiger partial charge in [0.15, 0.2) is 17.5 Å². The summed E-state index contributed by atoms with van der Waals surface area (Å²) in [6.45, 7) is 4.84. The Morgan fingerprint density at radius 3 is 2.32 bits per heavy atom. The number of hydrogen-bond donors (Lipinski definition) is 2. The van der Waals surface area contributed by atoms with Gasteiger partial charge in [0, 0.05) is 24.2 Å². The molecule has 0 spiro atoms. The molecule has 0 fully saturated rings. The normalized spacial score (nSPS) is 12.1. The number of ether oxygens (including phenoxy) is 2. The van der Waals surface area contributed by atoms with Crippen molar-refractivity contribution in [3.63, 3.8) is 0 Å². The van der Waals surface area contributed by atoms with E-state index >= 15 is 0 Å².